The molecular formula is C24H32N2O3. The molecular weight excluding hydrogens is 364 g/mol. The van der Waals surface area contributed by atoms with Crippen molar-refractivity contribution in [3.05, 3.63) is 59.2 Å². The molecule has 1 heterocycles. The van der Waals surface area contributed by atoms with Crippen LogP contribution in [0.3, 0.4) is 0 Å². The van der Waals surface area contributed by atoms with E-state index >= 15 is 0 Å². The molecule has 1 atom stereocenters. The van der Waals surface area contributed by atoms with Gasteiger partial charge in [0, 0.05) is 19.6 Å². The van der Waals surface area contributed by atoms with E-state index in [4.69, 9.17) is 9.47 Å². The van der Waals surface area contributed by atoms with Gasteiger partial charge in [-0.3, -0.25) is 9.69 Å². The predicted molar refractivity (Wildman–Crippen MR) is 115 cm³/mol. The summed E-state index contributed by atoms with van der Waals surface area (Å²) in [6, 6.07) is 14.0. The number of carbonyl (C=O) groups is 1. The van der Waals surface area contributed by atoms with Crippen LogP contribution in [-0.2, 0) is 24.3 Å². The Balaban J connectivity index is 1.58. The van der Waals surface area contributed by atoms with E-state index in [1.165, 1.54) is 24.0 Å². The molecule has 1 fully saturated rings. The molecule has 5 nitrogen and oxygen atoms in total. The van der Waals surface area contributed by atoms with E-state index in [2.05, 4.69) is 35.3 Å². The van der Waals surface area contributed by atoms with Crippen LogP contribution in [0.25, 0.3) is 0 Å². The minimum absolute atomic E-state index is 0.00128. The summed E-state index contributed by atoms with van der Waals surface area (Å²) in [5.41, 5.74) is 3.38. The van der Waals surface area contributed by atoms with Gasteiger partial charge in [0.1, 0.15) is 0 Å². The largest absolute Gasteiger partial charge is 0.493 e. The van der Waals surface area contributed by atoms with Crippen molar-refractivity contribution in [1.29, 1.82) is 0 Å². The lowest BCUT2D eigenvalue weighted by Gasteiger charge is -2.31. The summed E-state index contributed by atoms with van der Waals surface area (Å²) in [4.78, 5) is 15.0. The van der Waals surface area contributed by atoms with Crippen LogP contribution in [-0.4, -0.2) is 38.1 Å². The third-order valence-corrected chi connectivity index (χ3v) is 5.54. The van der Waals surface area contributed by atoms with E-state index < -0.39 is 0 Å². The zero-order chi connectivity index (χ0) is 20.6. The van der Waals surface area contributed by atoms with Crippen molar-refractivity contribution in [2.75, 3.05) is 27.3 Å². The van der Waals surface area contributed by atoms with Gasteiger partial charge < -0.3 is 14.8 Å². The molecule has 0 bridgehead atoms. The van der Waals surface area contributed by atoms with Crippen LogP contribution in [0.2, 0.25) is 0 Å². The second-order valence-electron chi connectivity index (χ2n) is 7.89. The number of ether oxygens (including phenoxy) is 2. The molecule has 0 saturated carbocycles. The van der Waals surface area contributed by atoms with Crippen molar-refractivity contribution in [2.45, 2.75) is 39.3 Å². The number of methoxy groups -OCH3 is 2. The summed E-state index contributed by atoms with van der Waals surface area (Å²) in [5, 5.41) is 3.07. The van der Waals surface area contributed by atoms with Crippen molar-refractivity contribution in [1.82, 2.24) is 10.2 Å². The first-order chi connectivity index (χ1) is 14.1. The molecule has 5 heteroatoms. The highest BCUT2D eigenvalue weighted by molar-refractivity contribution is 5.78. The van der Waals surface area contributed by atoms with Gasteiger partial charge in [0.15, 0.2) is 11.5 Å². The molecule has 0 spiro atoms. The molecule has 0 aliphatic carbocycles. The normalized spacial score (nSPS) is 17.0. The lowest BCUT2D eigenvalue weighted by Crippen LogP contribution is -2.34. The summed E-state index contributed by atoms with van der Waals surface area (Å²) in [6.45, 7) is 6.13. The quantitative estimate of drug-likeness (QED) is 0.738. The van der Waals surface area contributed by atoms with E-state index in [9.17, 15) is 4.79 Å². The minimum atomic E-state index is -0.00128. The van der Waals surface area contributed by atoms with Gasteiger partial charge in [0.05, 0.1) is 20.6 Å². The number of hydrogen-bond acceptors (Lipinski definition) is 4. The molecule has 2 aromatic carbocycles. The molecule has 156 valence electrons. The zero-order valence-corrected chi connectivity index (χ0v) is 17.7. The lowest BCUT2D eigenvalue weighted by atomic mass is 9.99. The summed E-state index contributed by atoms with van der Waals surface area (Å²) >= 11 is 0. The number of likely N-dealkylation sites (tertiary alicyclic amines) is 1. The standard InChI is InChI=1S/C24H32N2O3/c1-18-7-6-12-26(16-18)17-21-9-5-4-8-20(21)15-25-24(27)14-19-10-11-22(28-2)23(13-19)29-3/h4-5,8-11,13,18H,6-7,12,14-17H2,1-3H3,(H,25,27)/t18-/m1/s1. The summed E-state index contributed by atoms with van der Waals surface area (Å²) in [6.07, 6.45) is 2.90. The predicted octanol–water partition coefficient (Wildman–Crippen LogP) is 3.79. The SMILES string of the molecule is COc1ccc(CC(=O)NCc2ccccc2CN2CCC[C@@H](C)C2)cc1OC. The smallest absolute Gasteiger partial charge is 0.224 e. The first-order valence-electron chi connectivity index (χ1n) is 10.4. The monoisotopic (exact) mass is 396 g/mol. The Kier molecular flexibility index (Phi) is 7.53. The summed E-state index contributed by atoms with van der Waals surface area (Å²) in [5.74, 6) is 2.06. The Bertz CT molecular complexity index is 822. The first-order valence-corrected chi connectivity index (χ1v) is 10.4. The number of amides is 1. The van der Waals surface area contributed by atoms with E-state index in [1.807, 2.05) is 24.3 Å². The molecule has 0 unspecified atom stereocenters. The third-order valence-electron chi connectivity index (χ3n) is 5.54. The molecule has 1 amide bonds. The van der Waals surface area contributed by atoms with Crippen molar-refractivity contribution >= 4 is 5.91 Å². The number of carbonyl (C=O) groups excluding carboxylic acids is 1. The summed E-state index contributed by atoms with van der Waals surface area (Å²) < 4.78 is 10.6. The maximum Gasteiger partial charge on any atom is 0.224 e. The van der Waals surface area contributed by atoms with Gasteiger partial charge >= 0.3 is 0 Å². The average molecular weight is 397 g/mol. The maximum atomic E-state index is 12.5. The molecule has 2 aromatic rings. The van der Waals surface area contributed by atoms with Crippen LogP contribution < -0.4 is 14.8 Å². The fourth-order valence-electron chi connectivity index (χ4n) is 3.99. The van der Waals surface area contributed by atoms with Crippen LogP contribution in [0.5, 0.6) is 11.5 Å². The van der Waals surface area contributed by atoms with E-state index in [-0.39, 0.29) is 5.91 Å². The van der Waals surface area contributed by atoms with Crippen LogP contribution >= 0.6 is 0 Å². The zero-order valence-electron chi connectivity index (χ0n) is 17.7. The van der Waals surface area contributed by atoms with Gasteiger partial charge in [0.2, 0.25) is 5.91 Å². The number of hydrogen-bond donors (Lipinski definition) is 1. The van der Waals surface area contributed by atoms with Crippen molar-refractivity contribution in [2.24, 2.45) is 5.92 Å². The van der Waals surface area contributed by atoms with Gasteiger partial charge in [-0.15, -0.1) is 0 Å². The highest BCUT2D eigenvalue weighted by Gasteiger charge is 2.17. The molecule has 0 aromatic heterocycles. The van der Waals surface area contributed by atoms with E-state index in [0.29, 0.717) is 24.5 Å². The molecule has 29 heavy (non-hydrogen) atoms. The highest BCUT2D eigenvalue weighted by atomic mass is 16.5. The van der Waals surface area contributed by atoms with Gasteiger partial charge in [0.25, 0.3) is 0 Å². The Morgan fingerprint density at radius 3 is 2.59 bits per heavy atom. The van der Waals surface area contributed by atoms with Crippen LogP contribution in [0, 0.1) is 5.92 Å². The minimum Gasteiger partial charge on any atom is -0.493 e. The van der Waals surface area contributed by atoms with Crippen LogP contribution in [0.15, 0.2) is 42.5 Å². The summed E-state index contributed by atoms with van der Waals surface area (Å²) in [7, 11) is 3.20. The topological polar surface area (TPSA) is 50.8 Å². The van der Waals surface area contributed by atoms with Gasteiger partial charge in [-0.2, -0.15) is 0 Å². The molecule has 3 rings (SSSR count). The van der Waals surface area contributed by atoms with Crippen molar-refractivity contribution in [3.63, 3.8) is 0 Å². The number of piperidine rings is 1. The number of rotatable bonds is 8. The number of nitrogens with zero attached hydrogens (tertiary/aromatic N) is 1. The molecule has 0 radical (unpaired) electrons. The molecule has 1 aliphatic heterocycles. The lowest BCUT2D eigenvalue weighted by molar-refractivity contribution is -0.120. The second kappa shape index (κ2) is 10.3. The molecule has 1 N–H and O–H groups in total. The second-order valence-corrected chi connectivity index (χ2v) is 7.89. The van der Waals surface area contributed by atoms with E-state index in [1.54, 1.807) is 14.2 Å². The van der Waals surface area contributed by atoms with E-state index in [0.717, 1.165) is 31.1 Å². The van der Waals surface area contributed by atoms with Crippen LogP contribution in [0.4, 0.5) is 0 Å². The Morgan fingerprint density at radius 2 is 1.86 bits per heavy atom. The number of nitrogens with one attached hydrogen (secondary N) is 1. The van der Waals surface area contributed by atoms with Crippen LogP contribution in [0.1, 0.15) is 36.5 Å². The van der Waals surface area contributed by atoms with Gasteiger partial charge in [-0.05, 0) is 54.1 Å². The number of benzene rings is 2. The fourth-order valence-corrected chi connectivity index (χ4v) is 3.99. The highest BCUT2D eigenvalue weighted by Crippen LogP contribution is 2.27. The average Bonchev–Trinajstić information content (AvgIpc) is 2.73. The molecule has 1 saturated heterocycles. The van der Waals surface area contributed by atoms with Crippen molar-refractivity contribution in [3.8, 4) is 11.5 Å². The fraction of sp³-hybridized carbons (Fsp3) is 0.458. The third kappa shape index (κ3) is 5.97. The molecule has 1 aliphatic rings. The van der Waals surface area contributed by atoms with Gasteiger partial charge in [-0.25, -0.2) is 0 Å². The Morgan fingerprint density at radius 1 is 1.10 bits per heavy atom. The Labute approximate surface area is 174 Å². The first kappa shape index (κ1) is 21.2. The Hall–Kier alpha value is -2.53. The van der Waals surface area contributed by atoms with Gasteiger partial charge in [-0.1, -0.05) is 37.3 Å². The maximum absolute atomic E-state index is 12.5. The van der Waals surface area contributed by atoms with Crippen molar-refractivity contribution < 1.29 is 14.3 Å².